The Morgan fingerprint density at radius 2 is 2.11 bits per heavy atom. The van der Waals surface area contributed by atoms with E-state index in [1.54, 1.807) is 0 Å². The molecule has 3 heteroatoms. The fraction of sp³-hybridized carbons (Fsp3) is 0.625. The van der Waals surface area contributed by atoms with Crippen LogP contribution in [0.25, 0.3) is 0 Å². The number of benzene rings is 1. The molecule has 1 aliphatic heterocycles. The van der Waals surface area contributed by atoms with E-state index in [1.807, 2.05) is 11.8 Å². The smallest absolute Gasteiger partial charge is 0.0449 e. The lowest BCUT2D eigenvalue weighted by atomic mass is 10.1. The van der Waals surface area contributed by atoms with Crippen LogP contribution < -0.4 is 5.32 Å². The maximum absolute atomic E-state index is 3.70. The summed E-state index contributed by atoms with van der Waals surface area (Å²) >= 11 is 2.05. The monoisotopic (exact) mass is 278 g/mol. The van der Waals surface area contributed by atoms with Gasteiger partial charge in [0.15, 0.2) is 0 Å². The Bertz CT molecular complexity index is 355. The Morgan fingerprint density at radius 3 is 2.84 bits per heavy atom. The highest BCUT2D eigenvalue weighted by atomic mass is 32.2. The van der Waals surface area contributed by atoms with Gasteiger partial charge in [0.2, 0.25) is 0 Å². The van der Waals surface area contributed by atoms with Crippen molar-refractivity contribution in [1.82, 2.24) is 10.2 Å². The molecule has 0 saturated carbocycles. The predicted molar refractivity (Wildman–Crippen MR) is 85.8 cm³/mol. The van der Waals surface area contributed by atoms with E-state index in [1.165, 1.54) is 30.0 Å². The third-order valence-electron chi connectivity index (χ3n) is 3.92. The highest BCUT2D eigenvalue weighted by Gasteiger charge is 2.23. The minimum atomic E-state index is 0.484. The average molecular weight is 278 g/mol. The van der Waals surface area contributed by atoms with Crippen LogP contribution in [0, 0.1) is 0 Å². The first-order chi connectivity index (χ1) is 9.31. The molecule has 1 aliphatic rings. The van der Waals surface area contributed by atoms with Gasteiger partial charge in [0, 0.05) is 30.9 Å². The summed E-state index contributed by atoms with van der Waals surface area (Å²) < 4.78 is 0. The van der Waals surface area contributed by atoms with Gasteiger partial charge in [0.1, 0.15) is 0 Å². The maximum Gasteiger partial charge on any atom is 0.0449 e. The normalized spacial score (nSPS) is 25.2. The van der Waals surface area contributed by atoms with Gasteiger partial charge in [-0.1, -0.05) is 37.3 Å². The minimum Gasteiger partial charge on any atom is -0.309 e. The van der Waals surface area contributed by atoms with Crippen molar-refractivity contribution in [1.29, 1.82) is 0 Å². The molecule has 2 rings (SSSR count). The van der Waals surface area contributed by atoms with Crippen LogP contribution in [0.4, 0.5) is 0 Å². The maximum atomic E-state index is 3.70. The van der Waals surface area contributed by atoms with Gasteiger partial charge in [-0.05, 0) is 31.2 Å². The first-order valence-electron chi connectivity index (χ1n) is 7.41. The first kappa shape index (κ1) is 14.9. The van der Waals surface area contributed by atoms with E-state index in [0.717, 1.165) is 13.1 Å². The fourth-order valence-electron chi connectivity index (χ4n) is 2.67. The van der Waals surface area contributed by atoms with Crippen LogP contribution in [0.1, 0.15) is 31.9 Å². The molecule has 0 spiro atoms. The summed E-state index contributed by atoms with van der Waals surface area (Å²) in [7, 11) is 0. The van der Waals surface area contributed by atoms with E-state index in [4.69, 9.17) is 0 Å². The third-order valence-corrected chi connectivity index (χ3v) is 4.80. The largest absolute Gasteiger partial charge is 0.309 e. The zero-order valence-electron chi connectivity index (χ0n) is 12.1. The summed E-state index contributed by atoms with van der Waals surface area (Å²) in [5, 5.41) is 3.70. The van der Waals surface area contributed by atoms with E-state index in [9.17, 15) is 0 Å². The predicted octanol–water partition coefficient (Wildman–Crippen LogP) is 3.16. The van der Waals surface area contributed by atoms with E-state index in [0.29, 0.717) is 12.1 Å². The Hall–Kier alpha value is -0.510. The van der Waals surface area contributed by atoms with Gasteiger partial charge < -0.3 is 5.32 Å². The summed E-state index contributed by atoms with van der Waals surface area (Å²) in [6.45, 7) is 8.08. The molecule has 2 unspecified atom stereocenters. The van der Waals surface area contributed by atoms with Crippen molar-refractivity contribution in [3.05, 3.63) is 35.9 Å². The quantitative estimate of drug-likeness (QED) is 0.833. The second-order valence-electron chi connectivity index (χ2n) is 5.25. The fourth-order valence-corrected chi connectivity index (χ4v) is 3.33. The summed E-state index contributed by atoms with van der Waals surface area (Å²) in [6, 6.07) is 12.0. The SMILES string of the molecule is CCSCCN1CC(c2ccccc2)NCCC1C. The van der Waals surface area contributed by atoms with Gasteiger partial charge in [0.05, 0.1) is 0 Å². The second kappa shape index (κ2) is 7.93. The summed E-state index contributed by atoms with van der Waals surface area (Å²) in [4.78, 5) is 2.65. The van der Waals surface area contributed by atoms with Crippen molar-refractivity contribution in [3.63, 3.8) is 0 Å². The number of thioether (sulfide) groups is 1. The third kappa shape index (κ3) is 4.51. The molecule has 0 amide bonds. The molecule has 1 saturated heterocycles. The average Bonchev–Trinajstić information content (AvgIpc) is 2.63. The summed E-state index contributed by atoms with van der Waals surface area (Å²) in [5.41, 5.74) is 1.42. The minimum absolute atomic E-state index is 0.484. The second-order valence-corrected chi connectivity index (χ2v) is 6.64. The standard InChI is InChI=1S/C16H26N2S/c1-3-19-12-11-18-13-16(17-10-9-14(18)2)15-7-5-4-6-8-15/h4-8,14,16-17H,3,9-13H2,1-2H3. The van der Waals surface area contributed by atoms with Crippen molar-refractivity contribution in [2.24, 2.45) is 0 Å². The molecule has 106 valence electrons. The Balaban J connectivity index is 1.98. The van der Waals surface area contributed by atoms with Crippen LogP contribution in [-0.4, -0.2) is 42.1 Å². The topological polar surface area (TPSA) is 15.3 Å². The van der Waals surface area contributed by atoms with Crippen LogP contribution in [0.3, 0.4) is 0 Å². The number of nitrogens with zero attached hydrogens (tertiary/aromatic N) is 1. The number of hydrogen-bond acceptors (Lipinski definition) is 3. The Kier molecular flexibility index (Phi) is 6.21. The van der Waals surface area contributed by atoms with Gasteiger partial charge in [-0.2, -0.15) is 11.8 Å². The summed E-state index contributed by atoms with van der Waals surface area (Å²) in [5.74, 6) is 2.48. The van der Waals surface area contributed by atoms with Crippen molar-refractivity contribution in [3.8, 4) is 0 Å². The van der Waals surface area contributed by atoms with Crippen LogP contribution in [-0.2, 0) is 0 Å². The number of rotatable bonds is 5. The van der Waals surface area contributed by atoms with Crippen LogP contribution in [0.15, 0.2) is 30.3 Å². The summed E-state index contributed by atoms with van der Waals surface area (Å²) in [6.07, 6.45) is 1.25. The molecule has 1 heterocycles. The van der Waals surface area contributed by atoms with Crippen LogP contribution in [0.5, 0.6) is 0 Å². The molecule has 2 nitrogen and oxygen atoms in total. The molecule has 1 N–H and O–H groups in total. The molecule has 1 aromatic rings. The van der Waals surface area contributed by atoms with E-state index in [-0.39, 0.29) is 0 Å². The van der Waals surface area contributed by atoms with Crippen molar-refractivity contribution >= 4 is 11.8 Å². The molecular weight excluding hydrogens is 252 g/mol. The zero-order valence-corrected chi connectivity index (χ0v) is 13.0. The lowest BCUT2D eigenvalue weighted by Gasteiger charge is -2.29. The molecule has 1 fully saturated rings. The molecule has 2 atom stereocenters. The van der Waals surface area contributed by atoms with E-state index in [2.05, 4.69) is 54.4 Å². The Labute approximate surface area is 122 Å². The number of nitrogens with one attached hydrogen (secondary N) is 1. The molecule has 1 aromatic carbocycles. The number of hydrogen-bond donors (Lipinski definition) is 1. The lowest BCUT2D eigenvalue weighted by Crippen LogP contribution is -2.37. The Morgan fingerprint density at radius 1 is 1.32 bits per heavy atom. The lowest BCUT2D eigenvalue weighted by molar-refractivity contribution is 0.218. The molecule has 19 heavy (non-hydrogen) atoms. The zero-order chi connectivity index (χ0) is 13.5. The molecule has 0 radical (unpaired) electrons. The van der Waals surface area contributed by atoms with Gasteiger partial charge >= 0.3 is 0 Å². The van der Waals surface area contributed by atoms with Crippen molar-refractivity contribution in [2.75, 3.05) is 31.1 Å². The van der Waals surface area contributed by atoms with Gasteiger partial charge in [-0.25, -0.2) is 0 Å². The molecule has 0 aliphatic carbocycles. The molecular formula is C16H26N2S. The van der Waals surface area contributed by atoms with Crippen LogP contribution in [0.2, 0.25) is 0 Å². The first-order valence-corrected chi connectivity index (χ1v) is 8.57. The van der Waals surface area contributed by atoms with Crippen LogP contribution >= 0.6 is 11.8 Å². The highest BCUT2D eigenvalue weighted by Crippen LogP contribution is 2.20. The van der Waals surface area contributed by atoms with Gasteiger partial charge in [0.25, 0.3) is 0 Å². The van der Waals surface area contributed by atoms with Crippen molar-refractivity contribution < 1.29 is 0 Å². The molecule has 0 aromatic heterocycles. The van der Waals surface area contributed by atoms with Gasteiger partial charge in [-0.15, -0.1) is 0 Å². The van der Waals surface area contributed by atoms with Crippen molar-refractivity contribution in [2.45, 2.75) is 32.4 Å². The molecule has 0 bridgehead atoms. The van der Waals surface area contributed by atoms with E-state index < -0.39 is 0 Å². The highest BCUT2D eigenvalue weighted by molar-refractivity contribution is 7.99. The van der Waals surface area contributed by atoms with Gasteiger partial charge in [-0.3, -0.25) is 4.90 Å². The van der Waals surface area contributed by atoms with E-state index >= 15 is 0 Å².